The van der Waals surface area contributed by atoms with Crippen LogP contribution in [0.4, 0.5) is 8.78 Å². The molecule has 0 amide bonds. The van der Waals surface area contributed by atoms with Crippen LogP contribution in [0.2, 0.25) is 0 Å². The molecule has 1 aromatic rings. The lowest BCUT2D eigenvalue weighted by Gasteiger charge is -2.26. The normalized spacial score (nSPS) is 23.5. The van der Waals surface area contributed by atoms with Crippen LogP contribution in [0, 0.1) is 0 Å². The Kier molecular flexibility index (Phi) is 5.31. The fourth-order valence-electron chi connectivity index (χ4n) is 3.55. The van der Waals surface area contributed by atoms with E-state index >= 15 is 0 Å². The zero-order chi connectivity index (χ0) is 15.5. The number of benzene rings is 1. The van der Waals surface area contributed by atoms with Gasteiger partial charge in [-0.05, 0) is 57.1 Å². The Labute approximate surface area is 138 Å². The number of rotatable bonds is 4. The minimum atomic E-state index is -2.78. The summed E-state index contributed by atoms with van der Waals surface area (Å²) in [6.45, 7) is 2.25. The minimum Gasteiger partial charge on any atom is -0.434 e. The summed E-state index contributed by atoms with van der Waals surface area (Å²) < 4.78 is 30.7. The number of hydrogen-bond donors (Lipinski definition) is 0. The first-order valence-corrected chi connectivity index (χ1v) is 8.61. The first-order chi connectivity index (χ1) is 10.6. The van der Waals surface area contributed by atoms with Gasteiger partial charge in [-0.1, -0.05) is 15.9 Å². The molecule has 0 radical (unpaired) electrons. The van der Waals surface area contributed by atoms with Crippen LogP contribution in [0.15, 0.2) is 22.7 Å². The van der Waals surface area contributed by atoms with Crippen LogP contribution < -0.4 is 4.74 Å². The van der Waals surface area contributed by atoms with Crippen molar-refractivity contribution in [2.75, 3.05) is 26.2 Å². The Morgan fingerprint density at radius 1 is 1.23 bits per heavy atom. The Hall–Kier alpha value is -0.720. The van der Waals surface area contributed by atoms with Crippen molar-refractivity contribution in [3.05, 3.63) is 28.2 Å². The number of fused-ring (bicyclic) bond motifs is 1. The Balaban J connectivity index is 1.72. The van der Waals surface area contributed by atoms with Crippen molar-refractivity contribution >= 4 is 15.9 Å². The summed E-state index contributed by atoms with van der Waals surface area (Å²) in [5.74, 6) is 0.283. The molecule has 2 aliphatic rings. The largest absolute Gasteiger partial charge is 0.434 e. The lowest BCUT2D eigenvalue weighted by atomic mass is 10.1. The minimum absolute atomic E-state index is 0.283. The van der Waals surface area contributed by atoms with E-state index in [9.17, 15) is 8.78 Å². The van der Waals surface area contributed by atoms with Crippen molar-refractivity contribution in [1.82, 2.24) is 9.80 Å². The number of alkyl halides is 2. The summed E-state index contributed by atoms with van der Waals surface area (Å²) in [6.07, 6.45) is 3.65. The molecule has 22 heavy (non-hydrogen) atoms. The average molecular weight is 375 g/mol. The monoisotopic (exact) mass is 374 g/mol. The van der Waals surface area contributed by atoms with Crippen LogP contribution in [0.25, 0.3) is 0 Å². The lowest BCUT2D eigenvalue weighted by molar-refractivity contribution is -0.0508. The van der Waals surface area contributed by atoms with Crippen LogP contribution in [-0.4, -0.2) is 48.6 Å². The molecule has 2 aliphatic heterocycles. The molecule has 3 nitrogen and oxygen atoms in total. The molecule has 0 bridgehead atoms. The van der Waals surface area contributed by atoms with E-state index in [0.717, 1.165) is 36.1 Å². The topological polar surface area (TPSA) is 15.7 Å². The molecule has 1 aromatic carbocycles. The van der Waals surface area contributed by atoms with E-state index in [0.29, 0.717) is 12.6 Å². The van der Waals surface area contributed by atoms with E-state index in [-0.39, 0.29) is 5.75 Å². The van der Waals surface area contributed by atoms with Crippen molar-refractivity contribution in [1.29, 1.82) is 0 Å². The molecule has 0 aliphatic carbocycles. The third-order valence-corrected chi connectivity index (χ3v) is 5.01. The molecule has 0 saturated carbocycles. The molecule has 3 rings (SSSR count). The van der Waals surface area contributed by atoms with E-state index in [2.05, 4.69) is 30.5 Å². The molecule has 2 saturated heterocycles. The Bertz CT molecular complexity index is 515. The summed E-state index contributed by atoms with van der Waals surface area (Å²) in [5, 5.41) is 0. The Morgan fingerprint density at radius 2 is 2.05 bits per heavy atom. The lowest BCUT2D eigenvalue weighted by Crippen LogP contribution is -2.36. The highest BCUT2D eigenvalue weighted by atomic mass is 79.9. The van der Waals surface area contributed by atoms with Gasteiger partial charge in [-0.2, -0.15) is 8.78 Å². The van der Waals surface area contributed by atoms with Crippen molar-refractivity contribution in [2.24, 2.45) is 0 Å². The predicted octanol–water partition coefficient (Wildman–Crippen LogP) is 3.72. The summed E-state index contributed by atoms with van der Waals surface area (Å²) in [6, 6.07) is 5.86. The number of ether oxygens (including phenoxy) is 1. The molecule has 2 fully saturated rings. The molecule has 122 valence electrons. The van der Waals surface area contributed by atoms with Crippen molar-refractivity contribution in [2.45, 2.75) is 38.5 Å². The fourth-order valence-corrected chi connectivity index (χ4v) is 3.96. The van der Waals surface area contributed by atoms with Crippen molar-refractivity contribution < 1.29 is 13.5 Å². The smallest absolute Gasteiger partial charge is 0.387 e. The Morgan fingerprint density at radius 3 is 2.86 bits per heavy atom. The molecular weight excluding hydrogens is 354 g/mol. The summed E-state index contributed by atoms with van der Waals surface area (Å²) in [4.78, 5) is 4.94. The second-order valence-corrected chi connectivity index (χ2v) is 6.97. The van der Waals surface area contributed by atoms with Gasteiger partial charge >= 0.3 is 6.61 Å². The highest BCUT2D eigenvalue weighted by Crippen LogP contribution is 2.28. The van der Waals surface area contributed by atoms with Gasteiger partial charge in [-0.25, -0.2) is 0 Å². The molecular formula is C16H21BrF2N2O. The van der Waals surface area contributed by atoms with Gasteiger partial charge < -0.3 is 4.74 Å². The second kappa shape index (κ2) is 7.23. The van der Waals surface area contributed by atoms with E-state index in [1.165, 1.54) is 19.4 Å². The molecule has 0 N–H and O–H groups in total. The predicted molar refractivity (Wildman–Crippen MR) is 85.3 cm³/mol. The van der Waals surface area contributed by atoms with Crippen molar-refractivity contribution in [3.63, 3.8) is 0 Å². The van der Waals surface area contributed by atoms with Gasteiger partial charge in [0, 0.05) is 29.2 Å². The molecule has 1 atom stereocenters. The zero-order valence-electron chi connectivity index (χ0n) is 12.5. The zero-order valence-corrected chi connectivity index (χ0v) is 14.1. The molecule has 1 unspecified atom stereocenters. The van der Waals surface area contributed by atoms with Gasteiger partial charge in [-0.3, -0.25) is 9.80 Å². The van der Waals surface area contributed by atoms with Gasteiger partial charge in [0.15, 0.2) is 0 Å². The third kappa shape index (κ3) is 3.97. The average Bonchev–Trinajstić information content (AvgIpc) is 2.80. The summed E-state index contributed by atoms with van der Waals surface area (Å²) in [7, 11) is 0. The van der Waals surface area contributed by atoms with Gasteiger partial charge in [0.05, 0.1) is 0 Å². The summed E-state index contributed by atoms with van der Waals surface area (Å²) in [5.41, 5.74) is 0.820. The highest BCUT2D eigenvalue weighted by molar-refractivity contribution is 9.10. The van der Waals surface area contributed by atoms with Crippen molar-refractivity contribution in [3.8, 4) is 5.75 Å². The fraction of sp³-hybridized carbons (Fsp3) is 0.625. The quantitative estimate of drug-likeness (QED) is 0.798. The number of hydrogen-bond acceptors (Lipinski definition) is 3. The molecule has 2 heterocycles. The maximum absolute atomic E-state index is 12.6. The van der Waals surface area contributed by atoms with Gasteiger partial charge in [0.1, 0.15) is 5.75 Å². The first kappa shape index (κ1) is 16.1. The standard InChI is InChI=1S/C16H21BrF2N2O/c17-13-4-5-15(22-16(18)19)12(9-13)10-20-6-2-8-21-7-1-3-14(21)11-20/h4-5,9,14,16H,1-3,6-8,10-11H2. The molecule has 6 heteroatoms. The number of halogens is 3. The molecule has 0 aromatic heterocycles. The van der Waals surface area contributed by atoms with E-state index in [1.54, 1.807) is 12.1 Å². The van der Waals surface area contributed by atoms with Crippen LogP contribution in [0.3, 0.4) is 0 Å². The van der Waals surface area contributed by atoms with Gasteiger partial charge in [0.2, 0.25) is 0 Å². The SMILES string of the molecule is FC(F)Oc1ccc(Br)cc1CN1CCCN2CCCC2C1. The van der Waals surface area contributed by atoms with E-state index < -0.39 is 6.61 Å². The third-order valence-electron chi connectivity index (χ3n) is 4.52. The first-order valence-electron chi connectivity index (χ1n) is 7.81. The van der Waals surface area contributed by atoms with Gasteiger partial charge in [0.25, 0.3) is 0 Å². The van der Waals surface area contributed by atoms with Crippen LogP contribution in [0.1, 0.15) is 24.8 Å². The van der Waals surface area contributed by atoms with Crippen LogP contribution in [0.5, 0.6) is 5.75 Å². The molecule has 0 spiro atoms. The van der Waals surface area contributed by atoms with Gasteiger partial charge in [-0.15, -0.1) is 0 Å². The second-order valence-electron chi connectivity index (χ2n) is 6.05. The maximum Gasteiger partial charge on any atom is 0.387 e. The van der Waals surface area contributed by atoms with Crippen LogP contribution in [-0.2, 0) is 6.54 Å². The number of nitrogens with zero attached hydrogens (tertiary/aromatic N) is 2. The van der Waals surface area contributed by atoms with E-state index in [4.69, 9.17) is 0 Å². The maximum atomic E-state index is 12.6. The summed E-state index contributed by atoms with van der Waals surface area (Å²) >= 11 is 3.42. The van der Waals surface area contributed by atoms with Crippen LogP contribution >= 0.6 is 15.9 Å². The van der Waals surface area contributed by atoms with E-state index in [1.807, 2.05) is 6.07 Å². The highest BCUT2D eigenvalue weighted by Gasteiger charge is 2.29.